The molecule has 2 aromatic carbocycles. The van der Waals surface area contributed by atoms with Gasteiger partial charge in [0.2, 0.25) is 0 Å². The Kier molecular flexibility index (Phi) is 3.22. The zero-order valence-corrected chi connectivity index (χ0v) is 11.4. The van der Waals surface area contributed by atoms with Crippen molar-refractivity contribution < 1.29 is 17.5 Å². The number of hydrogen-bond donors (Lipinski definition) is 0. The number of fused-ring (bicyclic) bond motifs is 1. The minimum atomic E-state index is -3.47. The van der Waals surface area contributed by atoms with E-state index in [1.54, 1.807) is 0 Å². The Morgan fingerprint density at radius 1 is 1.10 bits per heavy atom. The summed E-state index contributed by atoms with van der Waals surface area (Å²) < 4.78 is 43.0. The highest BCUT2D eigenvalue weighted by Gasteiger charge is 2.28. The summed E-state index contributed by atoms with van der Waals surface area (Å²) in [5.74, 6) is 0.188. The summed E-state index contributed by atoms with van der Waals surface area (Å²) in [4.78, 5) is 0.124. The minimum Gasteiger partial charge on any atom is -0.489 e. The first kappa shape index (κ1) is 13.1. The van der Waals surface area contributed by atoms with Crippen LogP contribution in [0.15, 0.2) is 53.4 Å². The van der Waals surface area contributed by atoms with E-state index >= 15 is 0 Å². The van der Waals surface area contributed by atoms with Crippen molar-refractivity contribution in [2.45, 2.75) is 17.4 Å². The maximum absolute atomic E-state index is 12.8. The normalized spacial score (nSPS) is 17.6. The fraction of sp³-hybridized carbons (Fsp3) is 0.200. The molecule has 20 heavy (non-hydrogen) atoms. The van der Waals surface area contributed by atoms with Gasteiger partial charge in [-0.05, 0) is 35.9 Å². The molecule has 1 aliphatic heterocycles. The highest BCUT2D eigenvalue weighted by atomic mass is 32.2. The van der Waals surface area contributed by atoms with Gasteiger partial charge in [0.05, 0.1) is 10.6 Å². The topological polar surface area (TPSA) is 43.4 Å². The van der Waals surface area contributed by atoms with Gasteiger partial charge in [-0.1, -0.05) is 18.2 Å². The number of sulfone groups is 1. The molecule has 0 N–H and O–H groups in total. The van der Waals surface area contributed by atoms with E-state index in [-0.39, 0.29) is 16.8 Å². The second-order valence-corrected chi connectivity index (χ2v) is 6.82. The molecule has 5 heteroatoms. The number of halogens is 1. The van der Waals surface area contributed by atoms with Crippen LogP contribution in [0.5, 0.6) is 5.75 Å². The van der Waals surface area contributed by atoms with Crippen molar-refractivity contribution in [3.05, 3.63) is 59.9 Å². The molecule has 1 unspecified atom stereocenters. The SMILES string of the molecule is O=S(=O)(CC1Cc2ccccc2O1)c1ccc(F)cc1. The van der Waals surface area contributed by atoms with Crippen LogP contribution in [0.2, 0.25) is 0 Å². The number of benzene rings is 2. The lowest BCUT2D eigenvalue weighted by molar-refractivity contribution is 0.256. The summed E-state index contributed by atoms with van der Waals surface area (Å²) >= 11 is 0. The van der Waals surface area contributed by atoms with Crippen LogP contribution in [0, 0.1) is 5.82 Å². The molecule has 0 saturated heterocycles. The third kappa shape index (κ3) is 2.54. The molecule has 3 nitrogen and oxygen atoms in total. The predicted octanol–water partition coefficient (Wildman–Crippen LogP) is 2.60. The molecule has 0 aromatic heterocycles. The van der Waals surface area contributed by atoms with Gasteiger partial charge in [0, 0.05) is 6.42 Å². The third-order valence-corrected chi connectivity index (χ3v) is 5.09. The fourth-order valence-corrected chi connectivity index (χ4v) is 3.75. The number of para-hydroxylation sites is 1. The van der Waals surface area contributed by atoms with Gasteiger partial charge in [0.15, 0.2) is 9.84 Å². The smallest absolute Gasteiger partial charge is 0.182 e. The Hall–Kier alpha value is -1.88. The maximum atomic E-state index is 12.8. The highest BCUT2D eigenvalue weighted by Crippen LogP contribution is 2.29. The zero-order chi connectivity index (χ0) is 14.2. The van der Waals surface area contributed by atoms with Gasteiger partial charge in [-0.25, -0.2) is 12.8 Å². The Morgan fingerprint density at radius 3 is 2.50 bits per heavy atom. The van der Waals surface area contributed by atoms with E-state index in [4.69, 9.17) is 4.74 Å². The molecule has 0 bridgehead atoms. The lowest BCUT2D eigenvalue weighted by Gasteiger charge is -2.11. The van der Waals surface area contributed by atoms with E-state index < -0.39 is 15.7 Å². The van der Waals surface area contributed by atoms with Crippen molar-refractivity contribution in [3.8, 4) is 5.75 Å². The maximum Gasteiger partial charge on any atom is 0.182 e. The molecule has 1 aliphatic rings. The summed E-state index contributed by atoms with van der Waals surface area (Å²) in [7, 11) is -3.47. The Morgan fingerprint density at radius 2 is 1.80 bits per heavy atom. The summed E-state index contributed by atoms with van der Waals surface area (Å²) in [6.07, 6.45) is 0.193. The van der Waals surface area contributed by atoms with Crippen LogP contribution < -0.4 is 4.74 Å². The van der Waals surface area contributed by atoms with Crippen LogP contribution in [0.1, 0.15) is 5.56 Å². The van der Waals surface area contributed by atoms with E-state index in [0.717, 1.165) is 23.4 Å². The lowest BCUT2D eigenvalue weighted by Crippen LogP contribution is -2.25. The van der Waals surface area contributed by atoms with E-state index in [2.05, 4.69) is 0 Å². The van der Waals surface area contributed by atoms with Gasteiger partial charge >= 0.3 is 0 Å². The average Bonchev–Trinajstić information content (AvgIpc) is 2.80. The van der Waals surface area contributed by atoms with Gasteiger partial charge in [-0.2, -0.15) is 0 Å². The Labute approximate surface area is 116 Å². The van der Waals surface area contributed by atoms with E-state index in [1.807, 2.05) is 24.3 Å². The van der Waals surface area contributed by atoms with Crippen molar-refractivity contribution in [2.24, 2.45) is 0 Å². The van der Waals surface area contributed by atoms with E-state index in [0.29, 0.717) is 6.42 Å². The summed E-state index contributed by atoms with van der Waals surface area (Å²) in [5.41, 5.74) is 1.02. The number of rotatable bonds is 3. The molecular weight excluding hydrogens is 279 g/mol. The highest BCUT2D eigenvalue weighted by molar-refractivity contribution is 7.91. The fourth-order valence-electron chi connectivity index (χ4n) is 2.33. The van der Waals surface area contributed by atoms with Crippen LogP contribution in [-0.4, -0.2) is 20.3 Å². The van der Waals surface area contributed by atoms with Gasteiger partial charge in [0.1, 0.15) is 17.7 Å². The zero-order valence-electron chi connectivity index (χ0n) is 10.6. The molecule has 1 atom stereocenters. The predicted molar refractivity (Wildman–Crippen MR) is 73.0 cm³/mol. The monoisotopic (exact) mass is 292 g/mol. The first-order valence-electron chi connectivity index (χ1n) is 6.27. The Balaban J connectivity index is 1.77. The molecular formula is C15H13FO3S. The second-order valence-electron chi connectivity index (χ2n) is 4.79. The van der Waals surface area contributed by atoms with Crippen LogP contribution in [0.3, 0.4) is 0 Å². The third-order valence-electron chi connectivity index (χ3n) is 3.29. The van der Waals surface area contributed by atoms with Crippen molar-refractivity contribution in [1.82, 2.24) is 0 Å². The molecule has 2 aromatic rings. The molecule has 0 spiro atoms. The van der Waals surface area contributed by atoms with Crippen LogP contribution in [0.25, 0.3) is 0 Å². The van der Waals surface area contributed by atoms with Crippen LogP contribution in [0.4, 0.5) is 4.39 Å². The number of ether oxygens (including phenoxy) is 1. The molecule has 3 rings (SSSR count). The summed E-state index contributed by atoms with van der Waals surface area (Å²) in [5, 5.41) is 0. The molecule has 104 valence electrons. The first-order chi connectivity index (χ1) is 9.54. The minimum absolute atomic E-state index is 0.104. The molecule has 0 aliphatic carbocycles. The lowest BCUT2D eigenvalue weighted by atomic mass is 10.1. The van der Waals surface area contributed by atoms with Crippen molar-refractivity contribution >= 4 is 9.84 Å². The van der Waals surface area contributed by atoms with E-state index in [9.17, 15) is 12.8 Å². The average molecular weight is 292 g/mol. The molecule has 0 amide bonds. The van der Waals surface area contributed by atoms with Crippen LogP contribution in [-0.2, 0) is 16.3 Å². The van der Waals surface area contributed by atoms with Gasteiger partial charge < -0.3 is 4.74 Å². The molecule has 0 radical (unpaired) electrons. The van der Waals surface area contributed by atoms with Gasteiger partial charge in [-0.15, -0.1) is 0 Å². The second kappa shape index (κ2) is 4.90. The first-order valence-corrected chi connectivity index (χ1v) is 7.93. The Bertz CT molecular complexity index is 698. The van der Waals surface area contributed by atoms with Gasteiger partial charge in [0.25, 0.3) is 0 Å². The van der Waals surface area contributed by atoms with E-state index in [1.165, 1.54) is 12.1 Å². The van der Waals surface area contributed by atoms with Crippen LogP contribution >= 0.6 is 0 Å². The largest absolute Gasteiger partial charge is 0.489 e. The van der Waals surface area contributed by atoms with Crippen molar-refractivity contribution in [2.75, 3.05) is 5.75 Å². The molecule has 0 fully saturated rings. The van der Waals surface area contributed by atoms with Gasteiger partial charge in [-0.3, -0.25) is 0 Å². The summed E-state index contributed by atoms with van der Waals surface area (Å²) in [6.45, 7) is 0. The molecule has 0 saturated carbocycles. The summed E-state index contributed by atoms with van der Waals surface area (Å²) in [6, 6.07) is 12.4. The number of hydrogen-bond acceptors (Lipinski definition) is 3. The quantitative estimate of drug-likeness (QED) is 0.817. The molecule has 1 heterocycles. The van der Waals surface area contributed by atoms with Crippen molar-refractivity contribution in [3.63, 3.8) is 0 Å². The standard InChI is InChI=1S/C15H13FO3S/c16-12-5-7-14(8-6-12)20(17,18)10-13-9-11-3-1-2-4-15(11)19-13/h1-8,13H,9-10H2. The van der Waals surface area contributed by atoms with Crippen molar-refractivity contribution in [1.29, 1.82) is 0 Å².